The number of hydrogen-bond donors (Lipinski definition) is 2. The maximum absolute atomic E-state index is 8.87. The molecule has 0 aliphatic heterocycles. The smallest absolute Gasteiger partial charge is 0.474 e. The van der Waals surface area contributed by atoms with E-state index in [0.717, 1.165) is 12.8 Å². The zero-order chi connectivity index (χ0) is 10.7. The molecule has 0 unspecified atom stereocenters. The van der Waals surface area contributed by atoms with Gasteiger partial charge < -0.3 is 14.8 Å². The molecule has 0 bridgehead atoms. The molecule has 0 spiro atoms. The van der Waals surface area contributed by atoms with Gasteiger partial charge >= 0.3 is 7.12 Å². The molecule has 5 heteroatoms. The molecule has 0 atom stereocenters. The minimum atomic E-state index is -1.46. The average molecular weight is 207 g/mol. The predicted molar refractivity (Wildman–Crippen MR) is 56.9 cm³/mol. The summed E-state index contributed by atoms with van der Waals surface area (Å²) < 4.78 is 5.64. The molecule has 0 aromatic carbocycles. The second-order valence-electron chi connectivity index (χ2n) is 3.83. The third-order valence-corrected chi connectivity index (χ3v) is 2.65. The van der Waals surface area contributed by atoms with Crippen LogP contribution >= 0.6 is 0 Å². The molecule has 1 aromatic rings. The average Bonchev–Trinajstić information content (AvgIpc) is 2.71. The molecule has 1 fully saturated rings. The first-order valence-corrected chi connectivity index (χ1v) is 5.24. The first kappa shape index (κ1) is 10.5. The third-order valence-electron chi connectivity index (χ3n) is 2.65. The van der Waals surface area contributed by atoms with Crippen molar-refractivity contribution in [3.8, 4) is 5.88 Å². The van der Waals surface area contributed by atoms with Gasteiger partial charge in [0.1, 0.15) is 6.10 Å². The van der Waals surface area contributed by atoms with Crippen LogP contribution in [0.2, 0.25) is 0 Å². The van der Waals surface area contributed by atoms with Gasteiger partial charge in [-0.1, -0.05) is 6.07 Å². The van der Waals surface area contributed by atoms with Crippen LogP contribution in [0.3, 0.4) is 0 Å². The molecule has 15 heavy (non-hydrogen) atoms. The lowest BCUT2D eigenvalue weighted by atomic mass is 9.82. The summed E-state index contributed by atoms with van der Waals surface area (Å²) in [7, 11) is -1.46. The van der Waals surface area contributed by atoms with Crippen LogP contribution in [0.4, 0.5) is 0 Å². The summed E-state index contributed by atoms with van der Waals surface area (Å²) in [6, 6.07) is 3.29. The van der Waals surface area contributed by atoms with Gasteiger partial charge in [0.05, 0.1) is 0 Å². The van der Waals surface area contributed by atoms with Crippen molar-refractivity contribution in [1.82, 2.24) is 4.98 Å². The largest absolute Gasteiger partial charge is 0.490 e. The van der Waals surface area contributed by atoms with E-state index in [9.17, 15) is 0 Å². The number of nitrogens with zero attached hydrogens (tertiary/aromatic N) is 1. The van der Waals surface area contributed by atoms with Crippen LogP contribution in [0, 0.1) is 0 Å². The van der Waals surface area contributed by atoms with Gasteiger partial charge in [0.15, 0.2) is 0 Å². The maximum Gasteiger partial charge on any atom is 0.490 e. The lowest BCUT2D eigenvalue weighted by Gasteiger charge is -2.11. The van der Waals surface area contributed by atoms with E-state index in [4.69, 9.17) is 14.8 Å². The molecular weight excluding hydrogens is 193 g/mol. The van der Waals surface area contributed by atoms with Gasteiger partial charge in [-0.25, -0.2) is 4.98 Å². The van der Waals surface area contributed by atoms with E-state index in [2.05, 4.69) is 4.98 Å². The highest BCUT2D eigenvalue weighted by molar-refractivity contribution is 6.58. The number of ether oxygens (including phenoxy) is 1. The Kier molecular flexibility index (Phi) is 3.23. The first-order valence-electron chi connectivity index (χ1n) is 5.24. The monoisotopic (exact) mass is 207 g/mol. The molecule has 1 heterocycles. The van der Waals surface area contributed by atoms with E-state index in [1.165, 1.54) is 19.0 Å². The Labute approximate surface area is 89.1 Å². The Bertz CT molecular complexity index is 309. The highest BCUT2D eigenvalue weighted by Crippen LogP contribution is 2.22. The Hall–Kier alpha value is -1.07. The van der Waals surface area contributed by atoms with Gasteiger partial charge in [0.2, 0.25) is 5.88 Å². The Morgan fingerprint density at radius 3 is 2.53 bits per heavy atom. The topological polar surface area (TPSA) is 62.6 Å². The summed E-state index contributed by atoms with van der Waals surface area (Å²) >= 11 is 0. The second kappa shape index (κ2) is 4.64. The van der Waals surface area contributed by atoms with Crippen molar-refractivity contribution in [2.45, 2.75) is 31.8 Å². The molecule has 0 saturated heterocycles. The summed E-state index contributed by atoms with van der Waals surface area (Å²) in [5.74, 6) is 0.561. The quantitative estimate of drug-likeness (QED) is 0.689. The third kappa shape index (κ3) is 2.70. The molecule has 1 aromatic heterocycles. The van der Waals surface area contributed by atoms with E-state index < -0.39 is 7.12 Å². The Morgan fingerprint density at radius 2 is 2.00 bits per heavy atom. The van der Waals surface area contributed by atoms with E-state index in [1.54, 1.807) is 12.1 Å². The Morgan fingerprint density at radius 1 is 1.27 bits per heavy atom. The fraction of sp³-hybridized carbons (Fsp3) is 0.500. The fourth-order valence-electron chi connectivity index (χ4n) is 1.79. The SMILES string of the molecule is OB(O)c1ccc(OC2CCCC2)nc1. The van der Waals surface area contributed by atoms with Gasteiger partial charge in [0, 0.05) is 11.7 Å². The van der Waals surface area contributed by atoms with Crippen LogP contribution in [0.15, 0.2) is 18.3 Å². The van der Waals surface area contributed by atoms with Crippen molar-refractivity contribution in [2.75, 3.05) is 0 Å². The number of pyridine rings is 1. The van der Waals surface area contributed by atoms with Crippen LogP contribution in [-0.4, -0.2) is 28.3 Å². The van der Waals surface area contributed by atoms with Gasteiger partial charge in [-0.05, 0) is 31.7 Å². The van der Waals surface area contributed by atoms with Crippen molar-refractivity contribution in [3.05, 3.63) is 18.3 Å². The van der Waals surface area contributed by atoms with E-state index in [0.29, 0.717) is 11.3 Å². The molecule has 0 radical (unpaired) electrons. The zero-order valence-electron chi connectivity index (χ0n) is 8.47. The standard InChI is InChI=1S/C10H14BNO3/c13-11(14)8-5-6-10(12-7-8)15-9-3-1-2-4-9/h5-7,9,13-14H,1-4H2. The highest BCUT2D eigenvalue weighted by atomic mass is 16.5. The number of hydrogen-bond acceptors (Lipinski definition) is 4. The van der Waals surface area contributed by atoms with E-state index in [-0.39, 0.29) is 6.10 Å². The molecule has 1 saturated carbocycles. The Balaban J connectivity index is 1.97. The van der Waals surface area contributed by atoms with Crippen LogP contribution in [0.25, 0.3) is 0 Å². The molecule has 1 aliphatic rings. The van der Waals surface area contributed by atoms with Crippen LogP contribution in [0.5, 0.6) is 5.88 Å². The van der Waals surface area contributed by atoms with Crippen molar-refractivity contribution < 1.29 is 14.8 Å². The lowest BCUT2D eigenvalue weighted by molar-refractivity contribution is 0.201. The van der Waals surface area contributed by atoms with Crippen LogP contribution in [-0.2, 0) is 0 Å². The van der Waals surface area contributed by atoms with Gasteiger partial charge in [0.25, 0.3) is 0 Å². The summed E-state index contributed by atoms with van der Waals surface area (Å²) in [6.07, 6.45) is 6.32. The van der Waals surface area contributed by atoms with Gasteiger partial charge in [-0.15, -0.1) is 0 Å². The molecular formula is C10H14BNO3. The lowest BCUT2D eigenvalue weighted by Crippen LogP contribution is -2.30. The highest BCUT2D eigenvalue weighted by Gasteiger charge is 2.17. The zero-order valence-corrected chi connectivity index (χ0v) is 8.47. The summed E-state index contributed by atoms with van der Waals surface area (Å²) in [6.45, 7) is 0. The van der Waals surface area contributed by atoms with E-state index >= 15 is 0 Å². The molecule has 2 N–H and O–H groups in total. The summed E-state index contributed by atoms with van der Waals surface area (Å²) in [5.41, 5.74) is 0.383. The minimum absolute atomic E-state index is 0.280. The van der Waals surface area contributed by atoms with Crippen LogP contribution in [0.1, 0.15) is 25.7 Å². The summed E-state index contributed by atoms with van der Waals surface area (Å²) in [4.78, 5) is 4.02. The molecule has 80 valence electrons. The molecule has 4 nitrogen and oxygen atoms in total. The molecule has 2 rings (SSSR count). The number of aromatic nitrogens is 1. The molecule has 1 aliphatic carbocycles. The van der Waals surface area contributed by atoms with E-state index in [1.807, 2.05) is 0 Å². The van der Waals surface area contributed by atoms with Gasteiger partial charge in [-0.3, -0.25) is 0 Å². The normalized spacial score (nSPS) is 16.7. The maximum atomic E-state index is 8.87. The van der Waals surface area contributed by atoms with Crippen molar-refractivity contribution in [1.29, 1.82) is 0 Å². The van der Waals surface area contributed by atoms with Crippen molar-refractivity contribution in [3.63, 3.8) is 0 Å². The fourth-order valence-corrected chi connectivity index (χ4v) is 1.79. The van der Waals surface area contributed by atoms with Crippen LogP contribution < -0.4 is 10.2 Å². The number of rotatable bonds is 3. The van der Waals surface area contributed by atoms with Crippen molar-refractivity contribution >= 4 is 12.6 Å². The predicted octanol–water partition coefficient (Wildman–Crippen LogP) is 0.0828. The van der Waals surface area contributed by atoms with Gasteiger partial charge in [-0.2, -0.15) is 0 Å². The molecule has 0 amide bonds. The van der Waals surface area contributed by atoms with Crippen molar-refractivity contribution in [2.24, 2.45) is 0 Å². The first-order chi connectivity index (χ1) is 7.25. The minimum Gasteiger partial charge on any atom is -0.474 e. The second-order valence-corrected chi connectivity index (χ2v) is 3.83. The summed E-state index contributed by atoms with van der Waals surface area (Å²) in [5, 5.41) is 17.7.